The second-order valence-corrected chi connectivity index (χ2v) is 8.40. The summed E-state index contributed by atoms with van der Waals surface area (Å²) in [7, 11) is 0. The largest absolute Gasteiger partial charge is 0.494 e. The standard InChI is InChI=1S/C29H33NO5/c1-4-7-17-33-22-13-9-20(10-14-22)26-27-25(19-24(30-27)29(31)32-6-3)35-28(26)21-11-15-23(16-12-21)34-18-8-5-2/h9-16,19,30H,4-8,17-18H2,1-3H3. The van der Waals surface area contributed by atoms with Crippen LogP contribution in [-0.2, 0) is 4.74 Å². The van der Waals surface area contributed by atoms with E-state index in [1.54, 1.807) is 13.0 Å². The van der Waals surface area contributed by atoms with Crippen molar-refractivity contribution in [2.75, 3.05) is 19.8 Å². The quantitative estimate of drug-likeness (QED) is 0.168. The molecule has 0 aliphatic heterocycles. The minimum absolute atomic E-state index is 0.309. The maximum atomic E-state index is 12.3. The summed E-state index contributed by atoms with van der Waals surface area (Å²) < 4.78 is 23.1. The van der Waals surface area contributed by atoms with Gasteiger partial charge in [0.05, 0.1) is 30.9 Å². The van der Waals surface area contributed by atoms with Crippen LogP contribution in [0.2, 0.25) is 0 Å². The number of carbonyl (C=O) groups is 1. The van der Waals surface area contributed by atoms with Crippen LogP contribution in [0.1, 0.15) is 56.9 Å². The summed E-state index contributed by atoms with van der Waals surface area (Å²) in [5.41, 5.74) is 4.49. The van der Waals surface area contributed by atoms with Crippen LogP contribution in [0.15, 0.2) is 59.0 Å². The highest BCUT2D eigenvalue weighted by molar-refractivity contribution is 6.03. The Bertz CT molecular complexity index is 1230. The number of hydrogen-bond donors (Lipinski definition) is 1. The molecular formula is C29H33NO5. The number of rotatable bonds is 12. The lowest BCUT2D eigenvalue weighted by atomic mass is 10.0. The van der Waals surface area contributed by atoms with Crippen LogP contribution in [0.3, 0.4) is 0 Å². The highest BCUT2D eigenvalue weighted by Gasteiger charge is 2.22. The summed E-state index contributed by atoms with van der Waals surface area (Å²) >= 11 is 0. The highest BCUT2D eigenvalue weighted by Crippen LogP contribution is 2.41. The molecule has 0 aliphatic carbocycles. The molecule has 6 heteroatoms. The number of H-pyrrole nitrogens is 1. The maximum absolute atomic E-state index is 12.3. The molecule has 0 aliphatic rings. The summed E-state index contributed by atoms with van der Waals surface area (Å²) in [6.07, 6.45) is 4.23. The van der Waals surface area contributed by atoms with E-state index in [1.165, 1.54) is 0 Å². The third-order valence-electron chi connectivity index (χ3n) is 5.76. The van der Waals surface area contributed by atoms with Gasteiger partial charge in [-0.1, -0.05) is 38.8 Å². The van der Waals surface area contributed by atoms with Gasteiger partial charge in [0.2, 0.25) is 0 Å². The number of benzene rings is 2. The van der Waals surface area contributed by atoms with Gasteiger partial charge in [0.15, 0.2) is 5.58 Å². The molecule has 2 heterocycles. The summed E-state index contributed by atoms with van der Waals surface area (Å²) in [6.45, 7) is 7.78. The van der Waals surface area contributed by atoms with Gasteiger partial charge in [0.1, 0.15) is 23.0 Å². The number of furan rings is 1. The van der Waals surface area contributed by atoms with Crippen LogP contribution < -0.4 is 9.47 Å². The van der Waals surface area contributed by atoms with Gasteiger partial charge in [-0.2, -0.15) is 0 Å². The molecule has 2 aromatic heterocycles. The first-order chi connectivity index (χ1) is 17.1. The predicted molar refractivity (Wildman–Crippen MR) is 138 cm³/mol. The van der Waals surface area contributed by atoms with E-state index in [4.69, 9.17) is 18.6 Å². The fourth-order valence-corrected chi connectivity index (χ4v) is 3.86. The average molecular weight is 476 g/mol. The van der Waals surface area contributed by atoms with E-state index in [2.05, 4.69) is 18.8 Å². The van der Waals surface area contributed by atoms with Crippen molar-refractivity contribution in [1.29, 1.82) is 0 Å². The molecule has 0 atom stereocenters. The van der Waals surface area contributed by atoms with Crippen molar-refractivity contribution < 1.29 is 23.4 Å². The molecule has 0 radical (unpaired) electrons. The zero-order valence-corrected chi connectivity index (χ0v) is 20.7. The molecule has 6 nitrogen and oxygen atoms in total. The Morgan fingerprint density at radius 1 is 0.829 bits per heavy atom. The van der Waals surface area contributed by atoms with Crippen molar-refractivity contribution in [2.24, 2.45) is 0 Å². The van der Waals surface area contributed by atoms with E-state index >= 15 is 0 Å². The van der Waals surface area contributed by atoms with E-state index in [9.17, 15) is 4.79 Å². The summed E-state index contributed by atoms with van der Waals surface area (Å²) in [5.74, 6) is 1.98. The number of carbonyl (C=O) groups excluding carboxylic acids is 1. The van der Waals surface area contributed by atoms with Crippen LogP contribution in [-0.4, -0.2) is 30.8 Å². The van der Waals surface area contributed by atoms with Gasteiger partial charge < -0.3 is 23.6 Å². The van der Waals surface area contributed by atoms with Gasteiger partial charge >= 0.3 is 5.97 Å². The number of unbranched alkanes of at least 4 members (excludes halogenated alkanes) is 2. The average Bonchev–Trinajstić information content (AvgIpc) is 3.44. The Hall–Kier alpha value is -3.67. The van der Waals surface area contributed by atoms with Crippen LogP contribution >= 0.6 is 0 Å². The Morgan fingerprint density at radius 2 is 1.40 bits per heavy atom. The van der Waals surface area contributed by atoms with Crippen LogP contribution in [0, 0.1) is 0 Å². The molecule has 0 spiro atoms. The van der Waals surface area contributed by atoms with Crippen LogP contribution in [0.4, 0.5) is 0 Å². The van der Waals surface area contributed by atoms with Crippen LogP contribution in [0.25, 0.3) is 33.6 Å². The minimum Gasteiger partial charge on any atom is -0.494 e. The molecule has 4 rings (SSSR count). The van der Waals surface area contributed by atoms with Gasteiger partial charge in [-0.25, -0.2) is 4.79 Å². The van der Waals surface area contributed by atoms with Crippen molar-refractivity contribution in [3.63, 3.8) is 0 Å². The minimum atomic E-state index is -0.403. The number of nitrogens with one attached hydrogen (secondary N) is 1. The van der Waals surface area contributed by atoms with E-state index in [-0.39, 0.29) is 0 Å². The third kappa shape index (κ3) is 5.70. The van der Waals surface area contributed by atoms with E-state index in [1.807, 2.05) is 48.5 Å². The smallest absolute Gasteiger partial charge is 0.354 e. The lowest BCUT2D eigenvalue weighted by Gasteiger charge is -2.09. The topological polar surface area (TPSA) is 73.7 Å². The molecular weight excluding hydrogens is 442 g/mol. The van der Waals surface area contributed by atoms with Crippen molar-refractivity contribution in [1.82, 2.24) is 4.98 Å². The number of esters is 1. The monoisotopic (exact) mass is 475 g/mol. The van der Waals surface area contributed by atoms with Crippen LogP contribution in [0.5, 0.6) is 11.5 Å². The third-order valence-corrected chi connectivity index (χ3v) is 5.76. The number of hydrogen-bond acceptors (Lipinski definition) is 5. The Labute approximate surface area is 206 Å². The molecule has 2 aromatic carbocycles. The SMILES string of the molecule is CCCCOc1ccc(-c2oc3cc(C(=O)OCC)[nH]c3c2-c2ccc(OCCCC)cc2)cc1. The Balaban J connectivity index is 1.71. The molecule has 4 aromatic rings. The van der Waals surface area contributed by atoms with E-state index in [0.29, 0.717) is 31.1 Å². The van der Waals surface area contributed by atoms with Gasteiger partial charge in [0.25, 0.3) is 0 Å². The Kier molecular flexibility index (Phi) is 8.14. The fraction of sp³-hybridized carbons (Fsp3) is 0.345. The first kappa shape index (κ1) is 24.5. The van der Waals surface area contributed by atoms with Crippen molar-refractivity contribution in [3.05, 3.63) is 60.3 Å². The normalized spacial score (nSPS) is 11.1. The van der Waals surface area contributed by atoms with Gasteiger partial charge in [-0.3, -0.25) is 0 Å². The molecule has 0 saturated heterocycles. The summed E-state index contributed by atoms with van der Waals surface area (Å²) in [6, 6.07) is 17.6. The lowest BCUT2D eigenvalue weighted by molar-refractivity contribution is 0.0520. The second kappa shape index (κ2) is 11.6. The van der Waals surface area contributed by atoms with E-state index in [0.717, 1.165) is 65.1 Å². The number of aromatic nitrogens is 1. The predicted octanol–water partition coefficient (Wildman–Crippen LogP) is 7.63. The van der Waals surface area contributed by atoms with Crippen molar-refractivity contribution in [2.45, 2.75) is 46.5 Å². The first-order valence-electron chi connectivity index (χ1n) is 12.4. The molecule has 184 valence electrons. The zero-order chi connectivity index (χ0) is 24.6. The molecule has 0 amide bonds. The first-order valence-corrected chi connectivity index (χ1v) is 12.4. The lowest BCUT2D eigenvalue weighted by Crippen LogP contribution is -2.04. The summed E-state index contributed by atoms with van der Waals surface area (Å²) in [4.78, 5) is 15.5. The molecule has 1 N–H and O–H groups in total. The highest BCUT2D eigenvalue weighted by atomic mass is 16.5. The second-order valence-electron chi connectivity index (χ2n) is 8.40. The summed E-state index contributed by atoms with van der Waals surface area (Å²) in [5, 5.41) is 0. The Morgan fingerprint density at radius 3 is 1.94 bits per heavy atom. The van der Waals surface area contributed by atoms with E-state index < -0.39 is 5.97 Å². The molecule has 0 unspecified atom stereocenters. The molecule has 0 fully saturated rings. The zero-order valence-electron chi connectivity index (χ0n) is 20.7. The number of fused-ring (bicyclic) bond motifs is 1. The number of aromatic amines is 1. The van der Waals surface area contributed by atoms with Gasteiger partial charge in [-0.15, -0.1) is 0 Å². The fourth-order valence-electron chi connectivity index (χ4n) is 3.86. The van der Waals surface area contributed by atoms with Gasteiger partial charge in [-0.05, 0) is 61.7 Å². The maximum Gasteiger partial charge on any atom is 0.354 e. The molecule has 0 saturated carbocycles. The van der Waals surface area contributed by atoms with Gasteiger partial charge in [0, 0.05) is 11.6 Å². The van der Waals surface area contributed by atoms with Crippen molar-refractivity contribution >= 4 is 17.1 Å². The molecule has 0 bridgehead atoms. The van der Waals surface area contributed by atoms with Crippen molar-refractivity contribution in [3.8, 4) is 33.9 Å². The molecule has 35 heavy (non-hydrogen) atoms. The number of ether oxygens (including phenoxy) is 3.